The van der Waals surface area contributed by atoms with E-state index < -0.39 is 12.8 Å². The molecule has 1 aromatic rings. The van der Waals surface area contributed by atoms with Crippen molar-refractivity contribution in [2.75, 3.05) is 6.61 Å². The minimum Gasteiger partial charge on any atom is -0.484 e. The maximum atomic E-state index is 11.9. The summed E-state index contributed by atoms with van der Waals surface area (Å²) in [6, 6.07) is 4.27. The van der Waals surface area contributed by atoms with Gasteiger partial charge in [-0.25, -0.2) is 0 Å². The first-order chi connectivity index (χ1) is 7.29. The first-order valence-electron chi connectivity index (χ1n) is 4.08. The van der Waals surface area contributed by atoms with Crippen LogP contribution in [0.15, 0.2) is 22.7 Å². The second kappa shape index (κ2) is 5.01. The van der Waals surface area contributed by atoms with Crippen molar-refractivity contribution in [3.05, 3.63) is 28.2 Å². The van der Waals surface area contributed by atoms with E-state index in [-0.39, 0.29) is 10.7 Å². The predicted octanol–water partition coefficient (Wildman–Crippen LogP) is 3.02. The first kappa shape index (κ1) is 13.2. The number of nitrogens with two attached hydrogens (primary N) is 1. The molecule has 2 N–H and O–H groups in total. The molecular formula is C9H7BrF3NOS. The number of rotatable bonds is 3. The molecule has 1 rings (SSSR count). The van der Waals surface area contributed by atoms with Crippen molar-refractivity contribution >= 4 is 33.1 Å². The summed E-state index contributed by atoms with van der Waals surface area (Å²) in [5.74, 6) is 0.101. The Bertz CT molecular complexity index is 408. The third kappa shape index (κ3) is 3.97. The zero-order valence-corrected chi connectivity index (χ0v) is 10.2. The highest BCUT2D eigenvalue weighted by molar-refractivity contribution is 9.10. The van der Waals surface area contributed by atoms with Crippen molar-refractivity contribution in [3.63, 3.8) is 0 Å². The molecule has 0 saturated carbocycles. The lowest BCUT2D eigenvalue weighted by Crippen LogP contribution is -2.19. The number of thiocarbonyl (C=S) groups is 1. The Balaban J connectivity index is 2.78. The van der Waals surface area contributed by atoms with E-state index in [9.17, 15) is 13.2 Å². The molecule has 0 aliphatic heterocycles. The summed E-state index contributed by atoms with van der Waals surface area (Å²) in [5, 5.41) is 0. The fourth-order valence-corrected chi connectivity index (χ4v) is 1.83. The summed E-state index contributed by atoms with van der Waals surface area (Å²) >= 11 is 7.88. The molecule has 0 spiro atoms. The summed E-state index contributed by atoms with van der Waals surface area (Å²) in [6.07, 6.45) is -4.35. The van der Waals surface area contributed by atoms with Crippen LogP contribution in [0.25, 0.3) is 0 Å². The van der Waals surface area contributed by atoms with Crippen molar-refractivity contribution in [1.29, 1.82) is 0 Å². The van der Waals surface area contributed by atoms with E-state index in [4.69, 9.17) is 18.0 Å². The van der Waals surface area contributed by atoms with Crippen LogP contribution in [0.3, 0.4) is 0 Å². The Hall–Kier alpha value is -0.820. The molecule has 7 heteroatoms. The van der Waals surface area contributed by atoms with E-state index in [1.807, 2.05) is 0 Å². The highest BCUT2D eigenvalue weighted by Crippen LogP contribution is 2.24. The molecular weight excluding hydrogens is 307 g/mol. The van der Waals surface area contributed by atoms with Crippen LogP contribution < -0.4 is 10.5 Å². The minimum absolute atomic E-state index is 0.101. The Morgan fingerprint density at radius 2 is 2.06 bits per heavy atom. The summed E-state index contributed by atoms with van der Waals surface area (Å²) in [6.45, 7) is -1.33. The van der Waals surface area contributed by atoms with Crippen LogP contribution in [0.2, 0.25) is 0 Å². The number of halogens is 4. The van der Waals surface area contributed by atoms with Gasteiger partial charge in [0.1, 0.15) is 10.7 Å². The maximum Gasteiger partial charge on any atom is 0.422 e. The maximum absolute atomic E-state index is 11.9. The topological polar surface area (TPSA) is 35.2 Å². The second-order valence-electron chi connectivity index (χ2n) is 2.91. The van der Waals surface area contributed by atoms with Crippen molar-refractivity contribution in [1.82, 2.24) is 0 Å². The molecule has 0 radical (unpaired) electrons. The Kier molecular flexibility index (Phi) is 4.15. The van der Waals surface area contributed by atoms with E-state index >= 15 is 0 Å². The van der Waals surface area contributed by atoms with E-state index in [1.165, 1.54) is 18.2 Å². The van der Waals surface area contributed by atoms with Crippen LogP contribution in [0.4, 0.5) is 13.2 Å². The van der Waals surface area contributed by atoms with Crippen molar-refractivity contribution in [3.8, 4) is 5.75 Å². The Morgan fingerprint density at radius 3 is 2.50 bits per heavy atom. The fourth-order valence-electron chi connectivity index (χ4n) is 0.951. The molecule has 0 aliphatic rings. The van der Waals surface area contributed by atoms with Crippen molar-refractivity contribution in [2.45, 2.75) is 6.18 Å². The summed E-state index contributed by atoms with van der Waals surface area (Å²) in [7, 11) is 0. The third-order valence-corrected chi connectivity index (χ3v) is 2.48. The zero-order chi connectivity index (χ0) is 12.3. The van der Waals surface area contributed by atoms with E-state index in [0.717, 1.165) is 0 Å². The number of benzene rings is 1. The van der Waals surface area contributed by atoms with Crippen molar-refractivity contribution < 1.29 is 17.9 Å². The van der Waals surface area contributed by atoms with E-state index in [1.54, 1.807) is 0 Å². The lowest BCUT2D eigenvalue weighted by molar-refractivity contribution is -0.153. The van der Waals surface area contributed by atoms with Gasteiger partial charge in [0.25, 0.3) is 0 Å². The highest BCUT2D eigenvalue weighted by Gasteiger charge is 2.28. The molecule has 88 valence electrons. The standard InChI is InChI=1S/C9H7BrF3NOS/c10-7-3-5(15-4-9(11,12)13)1-2-6(7)8(14)16/h1-3H,4H2,(H2,14,16). The SMILES string of the molecule is NC(=S)c1ccc(OCC(F)(F)F)cc1Br. The molecule has 0 aliphatic carbocycles. The summed E-state index contributed by atoms with van der Waals surface area (Å²) < 4.78 is 40.7. The van der Waals surface area contributed by atoms with Crippen LogP contribution in [0.1, 0.15) is 5.56 Å². The number of hydrogen-bond acceptors (Lipinski definition) is 2. The van der Waals surface area contributed by atoms with Crippen LogP contribution in [-0.4, -0.2) is 17.8 Å². The average molecular weight is 314 g/mol. The summed E-state index contributed by atoms with van der Waals surface area (Å²) in [4.78, 5) is 0.161. The van der Waals surface area contributed by atoms with Gasteiger partial charge in [-0.05, 0) is 34.1 Å². The third-order valence-electron chi connectivity index (χ3n) is 1.61. The zero-order valence-electron chi connectivity index (χ0n) is 7.84. The molecule has 0 heterocycles. The van der Waals surface area contributed by atoms with Gasteiger partial charge in [0.05, 0.1) is 0 Å². The second-order valence-corrected chi connectivity index (χ2v) is 4.20. The largest absolute Gasteiger partial charge is 0.484 e. The number of alkyl halides is 3. The lowest BCUT2D eigenvalue weighted by Gasteiger charge is -2.10. The lowest BCUT2D eigenvalue weighted by atomic mass is 10.2. The van der Waals surface area contributed by atoms with Gasteiger partial charge >= 0.3 is 6.18 Å². The summed E-state index contributed by atoms with van der Waals surface area (Å²) in [5.41, 5.74) is 5.94. The van der Waals surface area contributed by atoms with Gasteiger partial charge in [0.15, 0.2) is 6.61 Å². The van der Waals surface area contributed by atoms with Gasteiger partial charge in [-0.2, -0.15) is 13.2 Å². The highest BCUT2D eigenvalue weighted by atomic mass is 79.9. The molecule has 0 bridgehead atoms. The van der Waals surface area contributed by atoms with Gasteiger partial charge in [-0.1, -0.05) is 12.2 Å². The molecule has 0 aromatic heterocycles. The molecule has 0 saturated heterocycles. The normalized spacial score (nSPS) is 11.2. The van der Waals surface area contributed by atoms with Gasteiger partial charge in [-0.3, -0.25) is 0 Å². The quantitative estimate of drug-likeness (QED) is 0.871. The van der Waals surface area contributed by atoms with Gasteiger partial charge in [0.2, 0.25) is 0 Å². The van der Waals surface area contributed by atoms with Crippen LogP contribution in [0, 0.1) is 0 Å². The van der Waals surface area contributed by atoms with E-state index in [0.29, 0.717) is 10.0 Å². The molecule has 0 fully saturated rings. The Labute approximate surface area is 104 Å². The molecule has 16 heavy (non-hydrogen) atoms. The average Bonchev–Trinajstić information content (AvgIpc) is 2.13. The monoisotopic (exact) mass is 313 g/mol. The molecule has 2 nitrogen and oxygen atoms in total. The Morgan fingerprint density at radius 1 is 1.44 bits per heavy atom. The van der Waals surface area contributed by atoms with E-state index in [2.05, 4.69) is 20.7 Å². The molecule has 0 unspecified atom stereocenters. The number of ether oxygens (including phenoxy) is 1. The predicted molar refractivity (Wildman–Crippen MR) is 61.6 cm³/mol. The van der Waals surface area contributed by atoms with Crippen LogP contribution in [0.5, 0.6) is 5.75 Å². The first-order valence-corrected chi connectivity index (χ1v) is 5.28. The molecule has 0 amide bonds. The van der Waals surface area contributed by atoms with Gasteiger partial charge < -0.3 is 10.5 Å². The number of hydrogen-bond donors (Lipinski definition) is 1. The smallest absolute Gasteiger partial charge is 0.422 e. The van der Waals surface area contributed by atoms with Crippen LogP contribution >= 0.6 is 28.1 Å². The molecule has 0 atom stereocenters. The van der Waals surface area contributed by atoms with Gasteiger partial charge in [0, 0.05) is 10.0 Å². The van der Waals surface area contributed by atoms with Gasteiger partial charge in [-0.15, -0.1) is 0 Å². The molecule has 1 aromatic carbocycles. The van der Waals surface area contributed by atoms with Crippen LogP contribution in [-0.2, 0) is 0 Å². The minimum atomic E-state index is -4.35. The van der Waals surface area contributed by atoms with Crippen molar-refractivity contribution in [2.24, 2.45) is 5.73 Å². The fraction of sp³-hybridized carbons (Fsp3) is 0.222.